The molecule has 0 heterocycles. The molecule has 0 aliphatic heterocycles. The highest BCUT2D eigenvalue weighted by atomic mass is 35.5. The molecule has 1 amide bonds. The number of amides is 1. The van der Waals surface area contributed by atoms with Gasteiger partial charge in [-0.15, -0.1) is 0 Å². The van der Waals surface area contributed by atoms with Crippen LogP contribution in [0.1, 0.15) is 35.3 Å². The summed E-state index contributed by atoms with van der Waals surface area (Å²) in [4.78, 5) is 12.2. The molecule has 0 aliphatic carbocycles. The molecule has 3 nitrogen and oxygen atoms in total. The smallest absolute Gasteiger partial charge is 0.251 e. The Kier molecular flexibility index (Phi) is 5.61. The Labute approximate surface area is 145 Å². The van der Waals surface area contributed by atoms with Crippen LogP contribution in [0.2, 0.25) is 5.02 Å². The van der Waals surface area contributed by atoms with E-state index in [1.54, 1.807) is 44.2 Å². The van der Waals surface area contributed by atoms with Gasteiger partial charge in [-0.1, -0.05) is 35.6 Å². The van der Waals surface area contributed by atoms with Gasteiger partial charge in [-0.2, -0.15) is 0 Å². The number of benzene rings is 2. The summed E-state index contributed by atoms with van der Waals surface area (Å²) in [5.41, 5.74) is 0.129. The van der Waals surface area contributed by atoms with Gasteiger partial charge >= 0.3 is 0 Å². The molecule has 5 heteroatoms. The van der Waals surface area contributed by atoms with Crippen LogP contribution in [-0.2, 0) is 6.54 Å². The molecule has 2 aromatic carbocycles. The van der Waals surface area contributed by atoms with Crippen LogP contribution in [0.15, 0.2) is 42.5 Å². The molecule has 2 aromatic rings. The molecule has 0 fully saturated rings. The maximum Gasteiger partial charge on any atom is 0.251 e. The minimum atomic E-state index is -1.11. The van der Waals surface area contributed by atoms with E-state index < -0.39 is 11.4 Å². The van der Waals surface area contributed by atoms with Crippen molar-refractivity contribution >= 4 is 17.5 Å². The molecule has 2 N–H and O–H groups in total. The number of carbonyl (C=O) groups is 1. The summed E-state index contributed by atoms with van der Waals surface area (Å²) in [6.45, 7) is 3.15. The Morgan fingerprint density at radius 1 is 1.29 bits per heavy atom. The van der Waals surface area contributed by atoms with Gasteiger partial charge in [-0.05, 0) is 44.2 Å². The van der Waals surface area contributed by atoms with Gasteiger partial charge in [0, 0.05) is 28.3 Å². The first kappa shape index (κ1) is 18.0. The molecule has 124 valence electrons. The Morgan fingerprint density at radius 3 is 2.67 bits per heavy atom. The Bertz CT molecular complexity index is 796. The second-order valence-corrected chi connectivity index (χ2v) is 6.18. The monoisotopic (exact) mass is 345 g/mol. The fraction of sp³-hybridized carbons (Fsp3) is 0.211. The highest BCUT2D eigenvalue weighted by molar-refractivity contribution is 6.31. The standard InChI is InChI=1S/C19H17ClFNO2/c1-19(2,24)10-9-13-5-3-6-14(11-13)18(23)22-12-15-16(20)7-4-8-17(15)21/h3-8,11,24H,12H2,1-2H3,(H,22,23). The molecule has 0 saturated heterocycles. The van der Waals surface area contributed by atoms with Crippen LogP contribution in [-0.4, -0.2) is 16.6 Å². The predicted molar refractivity (Wildman–Crippen MR) is 92.2 cm³/mol. The van der Waals surface area contributed by atoms with Gasteiger partial charge in [0.15, 0.2) is 0 Å². The van der Waals surface area contributed by atoms with Crippen LogP contribution in [0.4, 0.5) is 4.39 Å². The van der Waals surface area contributed by atoms with Gasteiger partial charge < -0.3 is 10.4 Å². The third-order valence-electron chi connectivity index (χ3n) is 3.12. The van der Waals surface area contributed by atoms with Crippen molar-refractivity contribution in [1.29, 1.82) is 0 Å². The van der Waals surface area contributed by atoms with Crippen LogP contribution >= 0.6 is 11.6 Å². The maximum atomic E-state index is 13.7. The lowest BCUT2D eigenvalue weighted by atomic mass is 10.1. The average molecular weight is 346 g/mol. The number of hydrogen-bond donors (Lipinski definition) is 2. The molecule has 0 spiro atoms. The van der Waals surface area contributed by atoms with Gasteiger partial charge in [0.1, 0.15) is 11.4 Å². The van der Waals surface area contributed by atoms with Crippen LogP contribution in [0.5, 0.6) is 0 Å². The summed E-state index contributed by atoms with van der Waals surface area (Å²) in [7, 11) is 0. The third-order valence-corrected chi connectivity index (χ3v) is 3.48. The van der Waals surface area contributed by atoms with E-state index in [-0.39, 0.29) is 23.0 Å². The van der Waals surface area contributed by atoms with Gasteiger partial charge in [-0.25, -0.2) is 4.39 Å². The second-order valence-electron chi connectivity index (χ2n) is 5.77. The molecular formula is C19H17ClFNO2. The van der Waals surface area contributed by atoms with E-state index in [1.165, 1.54) is 12.1 Å². The number of hydrogen-bond acceptors (Lipinski definition) is 2. The van der Waals surface area contributed by atoms with Crippen molar-refractivity contribution in [2.45, 2.75) is 26.0 Å². The molecule has 0 saturated carbocycles. The fourth-order valence-corrected chi connectivity index (χ4v) is 2.17. The predicted octanol–water partition coefficient (Wildman–Crippen LogP) is 3.53. The van der Waals surface area contributed by atoms with E-state index in [9.17, 15) is 14.3 Å². The summed E-state index contributed by atoms with van der Waals surface area (Å²) in [6.07, 6.45) is 0. The third kappa shape index (κ3) is 5.09. The zero-order chi connectivity index (χ0) is 17.7. The van der Waals surface area contributed by atoms with Crippen molar-refractivity contribution < 1.29 is 14.3 Å². The van der Waals surface area contributed by atoms with Gasteiger partial charge in [0.25, 0.3) is 5.91 Å². The van der Waals surface area contributed by atoms with Crippen LogP contribution < -0.4 is 5.32 Å². The van der Waals surface area contributed by atoms with E-state index in [2.05, 4.69) is 17.2 Å². The van der Waals surface area contributed by atoms with Crippen molar-refractivity contribution in [3.8, 4) is 11.8 Å². The average Bonchev–Trinajstić information content (AvgIpc) is 2.52. The maximum absolute atomic E-state index is 13.7. The minimum Gasteiger partial charge on any atom is -0.378 e. The summed E-state index contributed by atoms with van der Waals surface area (Å²) in [6, 6.07) is 11.0. The van der Waals surface area contributed by atoms with E-state index >= 15 is 0 Å². The number of nitrogens with one attached hydrogen (secondary N) is 1. The quantitative estimate of drug-likeness (QED) is 0.836. The molecule has 2 rings (SSSR count). The highest BCUT2D eigenvalue weighted by Gasteiger charge is 2.11. The molecule has 0 unspecified atom stereocenters. The van der Waals surface area contributed by atoms with Crippen LogP contribution in [0.25, 0.3) is 0 Å². The molecule has 0 aromatic heterocycles. The first-order valence-electron chi connectivity index (χ1n) is 7.33. The van der Waals surface area contributed by atoms with Crippen LogP contribution in [0.3, 0.4) is 0 Å². The van der Waals surface area contributed by atoms with Gasteiger partial charge in [0.05, 0.1) is 0 Å². The lowest BCUT2D eigenvalue weighted by Crippen LogP contribution is -2.23. The van der Waals surface area contributed by atoms with E-state index in [0.717, 1.165) is 0 Å². The molecule has 0 atom stereocenters. The Hall–Kier alpha value is -2.35. The van der Waals surface area contributed by atoms with E-state index in [1.807, 2.05) is 0 Å². The van der Waals surface area contributed by atoms with Gasteiger partial charge in [-0.3, -0.25) is 4.79 Å². The van der Waals surface area contributed by atoms with Crippen molar-refractivity contribution in [2.24, 2.45) is 0 Å². The number of aliphatic hydroxyl groups is 1. The summed E-state index contributed by atoms with van der Waals surface area (Å²) >= 11 is 5.93. The highest BCUT2D eigenvalue weighted by Crippen LogP contribution is 2.18. The normalized spacial score (nSPS) is 10.7. The lowest BCUT2D eigenvalue weighted by molar-refractivity contribution is 0.0950. The molecule has 0 radical (unpaired) electrons. The van der Waals surface area contributed by atoms with E-state index in [0.29, 0.717) is 11.1 Å². The number of halogens is 2. The largest absolute Gasteiger partial charge is 0.378 e. The lowest BCUT2D eigenvalue weighted by Gasteiger charge is -2.09. The van der Waals surface area contributed by atoms with Crippen molar-refractivity contribution in [1.82, 2.24) is 5.32 Å². The zero-order valence-electron chi connectivity index (χ0n) is 13.4. The molecule has 0 aliphatic rings. The number of rotatable bonds is 3. The minimum absolute atomic E-state index is 0.0100. The fourth-order valence-electron chi connectivity index (χ4n) is 1.94. The van der Waals surface area contributed by atoms with Crippen molar-refractivity contribution in [3.05, 3.63) is 70.0 Å². The second kappa shape index (κ2) is 7.48. The first-order chi connectivity index (χ1) is 11.3. The van der Waals surface area contributed by atoms with Crippen molar-refractivity contribution in [2.75, 3.05) is 0 Å². The summed E-state index contributed by atoms with van der Waals surface area (Å²) < 4.78 is 13.7. The Balaban J connectivity index is 2.11. The number of carbonyl (C=O) groups excluding carboxylic acids is 1. The van der Waals surface area contributed by atoms with E-state index in [4.69, 9.17) is 11.6 Å². The van der Waals surface area contributed by atoms with Crippen LogP contribution in [0, 0.1) is 17.7 Å². The molecular weight excluding hydrogens is 329 g/mol. The first-order valence-corrected chi connectivity index (χ1v) is 7.71. The van der Waals surface area contributed by atoms with Gasteiger partial charge in [0.2, 0.25) is 0 Å². The van der Waals surface area contributed by atoms with Crippen molar-refractivity contribution in [3.63, 3.8) is 0 Å². The molecule has 0 bridgehead atoms. The molecule has 24 heavy (non-hydrogen) atoms. The topological polar surface area (TPSA) is 49.3 Å². The Morgan fingerprint density at radius 2 is 2.00 bits per heavy atom. The zero-order valence-corrected chi connectivity index (χ0v) is 14.1. The summed E-state index contributed by atoms with van der Waals surface area (Å²) in [5.74, 6) is 4.67. The SMILES string of the molecule is CC(C)(O)C#Cc1cccc(C(=O)NCc2c(F)cccc2Cl)c1. The summed E-state index contributed by atoms with van der Waals surface area (Å²) in [5, 5.41) is 12.5.